The molecule has 2 rings (SSSR count). The summed E-state index contributed by atoms with van der Waals surface area (Å²) in [4.78, 5) is 11.9. The molecule has 266 valence electrons. The van der Waals surface area contributed by atoms with Crippen LogP contribution in [0.2, 0.25) is 0 Å². The first-order chi connectivity index (χ1) is 21.8. The summed E-state index contributed by atoms with van der Waals surface area (Å²) in [5.41, 5.74) is 0. The molecule has 14 unspecified atom stereocenters. The Labute approximate surface area is 266 Å². The van der Waals surface area contributed by atoms with Gasteiger partial charge >= 0.3 is 0 Å². The Morgan fingerprint density at radius 3 is 1.49 bits per heavy atom. The minimum atomic E-state index is -1.11. The molecule has 16 nitrogen and oxygen atoms in total. The van der Waals surface area contributed by atoms with Gasteiger partial charge in [-0.2, -0.15) is 0 Å². The molecule has 14 atom stereocenters. The van der Waals surface area contributed by atoms with Gasteiger partial charge in [0.2, 0.25) is 0 Å². The van der Waals surface area contributed by atoms with Crippen molar-refractivity contribution in [2.24, 2.45) is 0 Å². The van der Waals surface area contributed by atoms with Gasteiger partial charge in [0, 0.05) is 78.2 Å². The minimum absolute atomic E-state index is 0.105. The lowest BCUT2D eigenvalue weighted by atomic mass is 9.96. The number of methoxy groups -OCH3 is 11. The molecular formula is C29H54O16. The van der Waals surface area contributed by atoms with Crippen LogP contribution in [0.1, 0.15) is 0 Å². The smallest absolute Gasteiger partial charge is 0.187 e. The number of carbonyl (C=O) groups is 1. The van der Waals surface area contributed by atoms with Crippen molar-refractivity contribution < 1.29 is 75.8 Å². The molecule has 0 aromatic carbocycles. The molecule has 0 N–H and O–H groups in total. The second-order valence-corrected chi connectivity index (χ2v) is 10.5. The Hall–Kier alpha value is -0.930. The van der Waals surface area contributed by atoms with Crippen LogP contribution in [-0.4, -0.2) is 190 Å². The van der Waals surface area contributed by atoms with Crippen molar-refractivity contribution in [2.75, 3.05) is 98.0 Å². The number of hydrogen-bond acceptors (Lipinski definition) is 16. The van der Waals surface area contributed by atoms with E-state index in [0.29, 0.717) is 6.29 Å². The average Bonchev–Trinajstić information content (AvgIpc) is 3.05. The van der Waals surface area contributed by atoms with Crippen molar-refractivity contribution in [3.05, 3.63) is 0 Å². The van der Waals surface area contributed by atoms with E-state index in [0.717, 1.165) is 0 Å². The number of ether oxygens (including phenoxy) is 15. The highest BCUT2D eigenvalue weighted by molar-refractivity contribution is 5.57. The van der Waals surface area contributed by atoms with Gasteiger partial charge in [0.15, 0.2) is 18.9 Å². The Morgan fingerprint density at radius 1 is 0.556 bits per heavy atom. The zero-order valence-electron chi connectivity index (χ0n) is 28.3. The molecule has 0 aromatic heterocycles. The molecule has 2 fully saturated rings. The zero-order valence-corrected chi connectivity index (χ0v) is 28.3. The van der Waals surface area contributed by atoms with Gasteiger partial charge in [-0.25, -0.2) is 0 Å². The van der Waals surface area contributed by atoms with E-state index in [-0.39, 0.29) is 19.8 Å². The SMILES string of the molecule is COCC(OC)C(OC1OC(COC)C(OC)C(OC2OC(COC)C(OC)C(OC)C2OC)C1OC)C(OC)C(C=O)OC. The van der Waals surface area contributed by atoms with E-state index in [1.165, 1.54) is 56.9 Å². The van der Waals surface area contributed by atoms with Gasteiger partial charge < -0.3 is 75.8 Å². The summed E-state index contributed by atoms with van der Waals surface area (Å²) in [7, 11) is 16.6. The van der Waals surface area contributed by atoms with Gasteiger partial charge in [-0.3, -0.25) is 0 Å². The van der Waals surface area contributed by atoms with E-state index in [2.05, 4.69) is 0 Å². The van der Waals surface area contributed by atoms with Gasteiger partial charge in [-0.05, 0) is 0 Å². The molecule has 0 bridgehead atoms. The highest BCUT2D eigenvalue weighted by Crippen LogP contribution is 2.35. The Morgan fingerprint density at radius 2 is 1.07 bits per heavy atom. The highest BCUT2D eigenvalue weighted by Gasteiger charge is 2.54. The third-order valence-electron chi connectivity index (χ3n) is 8.11. The second kappa shape index (κ2) is 21.1. The van der Waals surface area contributed by atoms with Gasteiger partial charge in [0.25, 0.3) is 0 Å². The van der Waals surface area contributed by atoms with Crippen molar-refractivity contribution in [1.82, 2.24) is 0 Å². The van der Waals surface area contributed by atoms with Crippen LogP contribution in [0.3, 0.4) is 0 Å². The molecule has 16 heteroatoms. The maximum atomic E-state index is 11.9. The largest absolute Gasteiger partial charge is 0.382 e. The van der Waals surface area contributed by atoms with Gasteiger partial charge in [-0.15, -0.1) is 0 Å². The summed E-state index contributed by atoms with van der Waals surface area (Å²) in [6.45, 7) is 0.428. The standard InChI is InChI=1S/C29H54O16/c1-31-13-17(35-5)23(20(36-6)16(12-30)34-4)44-29-27(41-11)25(22(38-8)19(43-29)15-33-3)45-28-26(40-10)24(39-9)21(37-7)18(42-28)14-32-2/h12,16-29H,13-15H2,1-11H3. The lowest BCUT2D eigenvalue weighted by Crippen LogP contribution is -2.67. The van der Waals surface area contributed by atoms with Gasteiger partial charge in [0.1, 0.15) is 73.2 Å². The molecular weight excluding hydrogens is 604 g/mol. The first-order valence-corrected chi connectivity index (χ1v) is 14.6. The average molecular weight is 659 g/mol. The highest BCUT2D eigenvalue weighted by atomic mass is 16.8. The molecule has 0 aromatic rings. The molecule has 0 saturated carbocycles. The van der Waals surface area contributed by atoms with Crippen LogP contribution >= 0.6 is 0 Å². The molecule has 2 saturated heterocycles. The van der Waals surface area contributed by atoms with Gasteiger partial charge in [0.05, 0.1) is 19.8 Å². The summed E-state index contributed by atoms with van der Waals surface area (Å²) in [6, 6.07) is 0. The van der Waals surface area contributed by atoms with E-state index >= 15 is 0 Å². The Balaban J connectivity index is 2.56. The maximum Gasteiger partial charge on any atom is 0.187 e. The van der Waals surface area contributed by atoms with E-state index in [4.69, 9.17) is 71.1 Å². The molecule has 0 radical (unpaired) electrons. The van der Waals surface area contributed by atoms with E-state index in [1.807, 2.05) is 0 Å². The Kier molecular flexibility index (Phi) is 18.9. The van der Waals surface area contributed by atoms with Gasteiger partial charge in [-0.1, -0.05) is 0 Å². The fraction of sp³-hybridized carbons (Fsp3) is 0.966. The summed E-state index contributed by atoms with van der Waals surface area (Å²) in [5, 5.41) is 0. The van der Waals surface area contributed by atoms with Crippen molar-refractivity contribution in [3.8, 4) is 0 Å². The summed E-state index contributed by atoms with van der Waals surface area (Å²) >= 11 is 0. The third-order valence-corrected chi connectivity index (χ3v) is 8.11. The van der Waals surface area contributed by atoms with E-state index < -0.39 is 85.8 Å². The van der Waals surface area contributed by atoms with Crippen LogP contribution in [0.5, 0.6) is 0 Å². The van der Waals surface area contributed by atoms with Crippen molar-refractivity contribution in [1.29, 1.82) is 0 Å². The first kappa shape index (κ1) is 40.2. The number of carbonyl (C=O) groups excluding carboxylic acids is 1. The second-order valence-electron chi connectivity index (χ2n) is 10.5. The van der Waals surface area contributed by atoms with Crippen LogP contribution in [0.15, 0.2) is 0 Å². The fourth-order valence-corrected chi connectivity index (χ4v) is 5.93. The quantitative estimate of drug-likeness (QED) is 0.137. The molecule has 0 amide bonds. The number of aldehydes is 1. The maximum absolute atomic E-state index is 11.9. The molecule has 0 aliphatic carbocycles. The van der Waals surface area contributed by atoms with E-state index in [1.54, 1.807) is 21.3 Å². The summed E-state index contributed by atoms with van der Waals surface area (Å²) in [6.07, 6.45) is -10.6. The summed E-state index contributed by atoms with van der Waals surface area (Å²) < 4.78 is 88.2. The third kappa shape index (κ3) is 9.81. The summed E-state index contributed by atoms with van der Waals surface area (Å²) in [5.74, 6) is 0. The monoisotopic (exact) mass is 658 g/mol. The number of hydrogen-bond donors (Lipinski definition) is 0. The topological polar surface area (TPSA) is 156 Å². The minimum Gasteiger partial charge on any atom is -0.382 e. The van der Waals surface area contributed by atoms with E-state index in [9.17, 15) is 4.79 Å². The predicted molar refractivity (Wildman–Crippen MR) is 155 cm³/mol. The lowest BCUT2D eigenvalue weighted by Gasteiger charge is -2.50. The normalized spacial score (nSPS) is 35.1. The molecule has 2 heterocycles. The molecule has 0 spiro atoms. The Bertz CT molecular complexity index is 793. The van der Waals surface area contributed by atoms with Crippen LogP contribution in [0.25, 0.3) is 0 Å². The van der Waals surface area contributed by atoms with Crippen LogP contribution in [0, 0.1) is 0 Å². The van der Waals surface area contributed by atoms with Crippen molar-refractivity contribution in [2.45, 2.75) is 85.8 Å². The number of rotatable bonds is 22. The van der Waals surface area contributed by atoms with Crippen molar-refractivity contribution in [3.63, 3.8) is 0 Å². The lowest BCUT2D eigenvalue weighted by molar-refractivity contribution is -0.376. The molecule has 45 heavy (non-hydrogen) atoms. The first-order valence-electron chi connectivity index (χ1n) is 14.6. The van der Waals surface area contributed by atoms with Crippen molar-refractivity contribution >= 4 is 6.29 Å². The van der Waals surface area contributed by atoms with Crippen LogP contribution < -0.4 is 0 Å². The predicted octanol–water partition coefficient (Wildman–Crippen LogP) is -0.535. The molecule has 2 aliphatic rings. The fourth-order valence-electron chi connectivity index (χ4n) is 5.93. The molecule has 2 aliphatic heterocycles. The van der Waals surface area contributed by atoms with Crippen LogP contribution in [0.4, 0.5) is 0 Å². The van der Waals surface area contributed by atoms with Crippen LogP contribution in [-0.2, 0) is 75.8 Å². The zero-order chi connectivity index (χ0) is 33.5.